The predicted octanol–water partition coefficient (Wildman–Crippen LogP) is 4.74. The molecule has 5 rings (SSSR count). The minimum absolute atomic E-state index is 0.359. The molecule has 0 unspecified atom stereocenters. The second kappa shape index (κ2) is 8.88. The number of aromatic nitrogens is 2. The molecule has 0 spiro atoms. The molecule has 32 heavy (non-hydrogen) atoms. The molecule has 7 nitrogen and oxygen atoms in total. The van der Waals surface area contributed by atoms with Crippen LogP contribution in [0.5, 0.6) is 11.5 Å². The lowest BCUT2D eigenvalue weighted by Crippen LogP contribution is -2.35. The number of hydrogen-bond donors (Lipinski definition) is 2. The summed E-state index contributed by atoms with van der Waals surface area (Å²) < 4.78 is 17.0. The van der Waals surface area contributed by atoms with E-state index in [9.17, 15) is 0 Å². The van der Waals surface area contributed by atoms with E-state index >= 15 is 0 Å². The van der Waals surface area contributed by atoms with Crippen molar-refractivity contribution in [1.82, 2.24) is 15.3 Å². The second-order valence-corrected chi connectivity index (χ2v) is 7.83. The summed E-state index contributed by atoms with van der Waals surface area (Å²) in [5.41, 5.74) is 3.49. The number of fused-ring (bicyclic) bond motifs is 1. The van der Waals surface area contributed by atoms with E-state index < -0.39 is 0 Å². The van der Waals surface area contributed by atoms with Crippen molar-refractivity contribution < 1.29 is 13.9 Å². The molecule has 1 fully saturated rings. The molecule has 0 saturated carbocycles. The van der Waals surface area contributed by atoms with Gasteiger partial charge in [-0.25, -0.2) is 9.97 Å². The maximum Gasteiger partial charge on any atom is 0.232 e. The highest BCUT2D eigenvalue weighted by Crippen LogP contribution is 2.43. The van der Waals surface area contributed by atoms with Gasteiger partial charge in [0.1, 0.15) is 29.4 Å². The number of methoxy groups -OCH3 is 2. The molecule has 164 valence electrons. The van der Waals surface area contributed by atoms with Crippen LogP contribution in [-0.4, -0.2) is 43.3 Å². The lowest BCUT2D eigenvalue weighted by Gasteiger charge is -2.24. The number of rotatable bonds is 6. The van der Waals surface area contributed by atoms with Gasteiger partial charge in [0.2, 0.25) is 5.71 Å². The van der Waals surface area contributed by atoms with E-state index in [1.807, 2.05) is 48.5 Å². The molecular weight excluding hydrogens is 404 g/mol. The first-order chi connectivity index (χ1) is 15.8. The molecule has 0 radical (unpaired) electrons. The van der Waals surface area contributed by atoms with Crippen molar-refractivity contribution in [1.29, 1.82) is 0 Å². The normalized spacial score (nSPS) is 14.4. The lowest BCUT2D eigenvalue weighted by atomic mass is 9.98. The Bertz CT molecular complexity index is 1200. The standard InChI is InChI=1S/C25H26N4O3/c1-30-19-7-3-16(4-8-19)21-22-24(29-18-11-13-26-14-12-18)27-15-28-25(22)32-23(21)17-5-9-20(31-2)10-6-17/h3-10,15,18,26H,11-14H2,1-2H3,(H,27,28,29). The summed E-state index contributed by atoms with van der Waals surface area (Å²) in [7, 11) is 3.33. The van der Waals surface area contributed by atoms with Crippen LogP contribution in [0.4, 0.5) is 5.82 Å². The number of anilines is 1. The van der Waals surface area contributed by atoms with E-state index in [1.165, 1.54) is 0 Å². The van der Waals surface area contributed by atoms with Crippen molar-refractivity contribution in [3.63, 3.8) is 0 Å². The summed E-state index contributed by atoms with van der Waals surface area (Å²) in [5.74, 6) is 3.15. The molecule has 0 aliphatic carbocycles. The predicted molar refractivity (Wildman–Crippen MR) is 125 cm³/mol. The van der Waals surface area contributed by atoms with Crippen molar-refractivity contribution >= 4 is 16.9 Å². The molecule has 3 heterocycles. The van der Waals surface area contributed by atoms with Crippen LogP contribution in [0, 0.1) is 0 Å². The number of nitrogens with zero attached hydrogens (tertiary/aromatic N) is 2. The van der Waals surface area contributed by atoms with E-state index in [0.29, 0.717) is 11.8 Å². The van der Waals surface area contributed by atoms with Gasteiger partial charge in [0, 0.05) is 17.2 Å². The van der Waals surface area contributed by atoms with Gasteiger partial charge in [-0.2, -0.15) is 0 Å². The molecule has 0 amide bonds. The van der Waals surface area contributed by atoms with Crippen LogP contribution in [0.1, 0.15) is 12.8 Å². The first-order valence-electron chi connectivity index (χ1n) is 10.8. The Morgan fingerprint density at radius 1 is 0.875 bits per heavy atom. The van der Waals surface area contributed by atoms with E-state index in [4.69, 9.17) is 13.9 Å². The number of hydrogen-bond acceptors (Lipinski definition) is 7. The van der Waals surface area contributed by atoms with Crippen LogP contribution in [0.2, 0.25) is 0 Å². The highest BCUT2D eigenvalue weighted by molar-refractivity contribution is 6.06. The summed E-state index contributed by atoms with van der Waals surface area (Å²) in [5, 5.41) is 7.94. The number of benzene rings is 2. The van der Waals surface area contributed by atoms with Crippen LogP contribution in [0.15, 0.2) is 59.3 Å². The van der Waals surface area contributed by atoms with Gasteiger partial charge in [-0.15, -0.1) is 0 Å². The molecule has 0 atom stereocenters. The third kappa shape index (κ3) is 3.87. The van der Waals surface area contributed by atoms with Crippen LogP contribution in [0.3, 0.4) is 0 Å². The van der Waals surface area contributed by atoms with Gasteiger partial charge in [-0.3, -0.25) is 0 Å². The van der Waals surface area contributed by atoms with Gasteiger partial charge >= 0.3 is 0 Å². The fourth-order valence-corrected chi connectivity index (χ4v) is 4.18. The Labute approximate surface area is 186 Å². The molecule has 0 bridgehead atoms. The minimum atomic E-state index is 0.359. The van der Waals surface area contributed by atoms with Crippen molar-refractivity contribution in [2.24, 2.45) is 0 Å². The Morgan fingerprint density at radius 2 is 1.50 bits per heavy atom. The molecule has 1 aliphatic heterocycles. The summed E-state index contributed by atoms with van der Waals surface area (Å²) in [4.78, 5) is 9.06. The van der Waals surface area contributed by atoms with Gasteiger partial charge in [-0.05, 0) is 67.9 Å². The monoisotopic (exact) mass is 430 g/mol. The van der Waals surface area contributed by atoms with Crippen LogP contribution in [-0.2, 0) is 0 Å². The average Bonchev–Trinajstić information content (AvgIpc) is 3.25. The van der Waals surface area contributed by atoms with Crippen LogP contribution >= 0.6 is 0 Å². The summed E-state index contributed by atoms with van der Waals surface area (Å²) >= 11 is 0. The molecule has 2 aromatic carbocycles. The Balaban J connectivity index is 1.68. The number of ether oxygens (including phenoxy) is 2. The summed E-state index contributed by atoms with van der Waals surface area (Å²) in [6, 6.07) is 16.2. The van der Waals surface area contributed by atoms with E-state index in [1.54, 1.807) is 20.5 Å². The van der Waals surface area contributed by atoms with Gasteiger partial charge in [0.15, 0.2) is 0 Å². The Hall–Kier alpha value is -3.58. The van der Waals surface area contributed by atoms with E-state index in [-0.39, 0.29) is 0 Å². The number of piperidine rings is 1. The third-order valence-corrected chi connectivity index (χ3v) is 5.90. The smallest absolute Gasteiger partial charge is 0.232 e. The fourth-order valence-electron chi connectivity index (χ4n) is 4.18. The number of furan rings is 1. The molecular formula is C25H26N4O3. The maximum absolute atomic E-state index is 6.32. The topological polar surface area (TPSA) is 81.4 Å². The van der Waals surface area contributed by atoms with Gasteiger partial charge in [0.25, 0.3) is 0 Å². The summed E-state index contributed by atoms with van der Waals surface area (Å²) in [6.45, 7) is 2.00. The minimum Gasteiger partial charge on any atom is -0.497 e. The number of nitrogens with one attached hydrogen (secondary N) is 2. The largest absolute Gasteiger partial charge is 0.497 e. The first-order valence-corrected chi connectivity index (χ1v) is 10.8. The van der Waals surface area contributed by atoms with E-state index in [2.05, 4.69) is 20.6 Å². The SMILES string of the molecule is COc1ccc(-c2oc3ncnc(NC4CCNCC4)c3c2-c2ccc(OC)cc2)cc1. The zero-order valence-corrected chi connectivity index (χ0v) is 18.2. The van der Waals surface area contributed by atoms with Gasteiger partial charge in [0.05, 0.1) is 19.6 Å². The molecule has 7 heteroatoms. The highest BCUT2D eigenvalue weighted by atomic mass is 16.5. The van der Waals surface area contributed by atoms with Crippen molar-refractivity contribution in [2.75, 3.05) is 32.6 Å². The van der Waals surface area contributed by atoms with Crippen molar-refractivity contribution in [3.05, 3.63) is 54.9 Å². The lowest BCUT2D eigenvalue weighted by molar-refractivity contribution is 0.414. The second-order valence-electron chi connectivity index (χ2n) is 7.83. The van der Waals surface area contributed by atoms with Gasteiger partial charge < -0.3 is 24.5 Å². The first kappa shape index (κ1) is 20.3. The Kier molecular flexibility index (Phi) is 5.64. The van der Waals surface area contributed by atoms with Crippen LogP contribution in [0.25, 0.3) is 33.6 Å². The summed E-state index contributed by atoms with van der Waals surface area (Å²) in [6.07, 6.45) is 3.66. The molecule has 4 aromatic rings. The van der Waals surface area contributed by atoms with Crippen LogP contribution < -0.4 is 20.1 Å². The molecule has 1 aliphatic rings. The average molecular weight is 431 g/mol. The zero-order chi connectivity index (χ0) is 21.9. The highest BCUT2D eigenvalue weighted by Gasteiger charge is 2.24. The third-order valence-electron chi connectivity index (χ3n) is 5.90. The van der Waals surface area contributed by atoms with Crippen molar-refractivity contribution in [2.45, 2.75) is 18.9 Å². The van der Waals surface area contributed by atoms with Gasteiger partial charge in [-0.1, -0.05) is 12.1 Å². The maximum atomic E-state index is 6.32. The zero-order valence-electron chi connectivity index (χ0n) is 18.2. The molecule has 1 saturated heterocycles. The van der Waals surface area contributed by atoms with Crippen molar-refractivity contribution in [3.8, 4) is 33.9 Å². The van der Waals surface area contributed by atoms with E-state index in [0.717, 1.165) is 71.1 Å². The fraction of sp³-hybridized carbons (Fsp3) is 0.280. The molecule has 2 aromatic heterocycles. The molecule has 2 N–H and O–H groups in total. The Morgan fingerprint density at radius 3 is 2.12 bits per heavy atom. The quantitative estimate of drug-likeness (QED) is 0.457.